The van der Waals surface area contributed by atoms with Crippen LogP contribution in [0.4, 0.5) is 0 Å². The molecule has 2 fully saturated rings. The van der Waals surface area contributed by atoms with E-state index in [1.165, 1.54) is 12.8 Å². The number of ether oxygens (including phenoxy) is 1. The van der Waals surface area contributed by atoms with Crippen molar-refractivity contribution in [2.24, 2.45) is 5.73 Å². The van der Waals surface area contributed by atoms with E-state index in [9.17, 15) is 4.79 Å². The normalized spacial score (nSPS) is 31.2. The van der Waals surface area contributed by atoms with E-state index in [1.54, 1.807) is 0 Å². The van der Waals surface area contributed by atoms with E-state index in [0.717, 1.165) is 19.5 Å². The first kappa shape index (κ1) is 15.7. The molecule has 0 radical (unpaired) electrons. The Morgan fingerprint density at radius 3 is 2.35 bits per heavy atom. The molecule has 4 atom stereocenters. The monoisotopic (exact) mass is 283 g/mol. The molecule has 2 aliphatic heterocycles. The first-order valence-corrected chi connectivity index (χ1v) is 7.77. The molecule has 2 bridgehead atoms. The van der Waals surface area contributed by atoms with Gasteiger partial charge in [-0.2, -0.15) is 0 Å². The van der Waals surface area contributed by atoms with Crippen molar-refractivity contribution in [2.75, 3.05) is 13.1 Å². The maximum atomic E-state index is 11.8. The smallest absolute Gasteiger partial charge is 0.237 e. The molecule has 1 amide bonds. The van der Waals surface area contributed by atoms with Crippen LogP contribution >= 0.6 is 0 Å². The summed E-state index contributed by atoms with van der Waals surface area (Å²) in [6.45, 7) is 10.2. The SMILES string of the molecule is CC(C)NC(C)(CC(C)N1CC2CCC(C1)O2)C(N)=O. The number of rotatable bonds is 6. The predicted molar refractivity (Wildman–Crippen MR) is 79.4 cm³/mol. The summed E-state index contributed by atoms with van der Waals surface area (Å²) in [6, 6.07) is 0.561. The van der Waals surface area contributed by atoms with Crippen LogP contribution in [0.1, 0.15) is 47.0 Å². The van der Waals surface area contributed by atoms with E-state index in [2.05, 4.69) is 17.1 Å². The summed E-state index contributed by atoms with van der Waals surface area (Å²) >= 11 is 0. The third-order valence-electron chi connectivity index (χ3n) is 4.55. The number of primary amides is 1. The minimum Gasteiger partial charge on any atom is -0.372 e. The summed E-state index contributed by atoms with van der Waals surface area (Å²) in [5, 5.41) is 3.33. The van der Waals surface area contributed by atoms with Crippen LogP contribution in [0.15, 0.2) is 0 Å². The zero-order valence-corrected chi connectivity index (χ0v) is 13.2. The number of nitrogens with zero attached hydrogens (tertiary/aromatic N) is 1. The molecule has 116 valence electrons. The van der Waals surface area contributed by atoms with Gasteiger partial charge in [-0.1, -0.05) is 0 Å². The fraction of sp³-hybridized carbons (Fsp3) is 0.933. The van der Waals surface area contributed by atoms with Crippen molar-refractivity contribution in [3.05, 3.63) is 0 Å². The van der Waals surface area contributed by atoms with Crippen molar-refractivity contribution in [3.8, 4) is 0 Å². The molecule has 4 unspecified atom stereocenters. The lowest BCUT2D eigenvalue weighted by Crippen LogP contribution is -2.59. The molecule has 2 rings (SSSR count). The molecule has 0 spiro atoms. The molecule has 2 heterocycles. The van der Waals surface area contributed by atoms with Crippen LogP contribution in [0.5, 0.6) is 0 Å². The Balaban J connectivity index is 1.97. The average molecular weight is 283 g/mol. The molecular formula is C15H29N3O2. The van der Waals surface area contributed by atoms with E-state index in [1.807, 2.05) is 20.8 Å². The first-order chi connectivity index (χ1) is 9.30. The van der Waals surface area contributed by atoms with E-state index in [0.29, 0.717) is 18.2 Å². The van der Waals surface area contributed by atoms with Crippen LogP contribution in [0.3, 0.4) is 0 Å². The van der Waals surface area contributed by atoms with Gasteiger partial charge in [0.1, 0.15) is 0 Å². The van der Waals surface area contributed by atoms with Gasteiger partial charge in [-0.3, -0.25) is 9.69 Å². The van der Waals surface area contributed by atoms with Crippen LogP contribution < -0.4 is 11.1 Å². The first-order valence-electron chi connectivity index (χ1n) is 7.77. The maximum Gasteiger partial charge on any atom is 0.237 e. The number of nitrogens with two attached hydrogens (primary N) is 1. The summed E-state index contributed by atoms with van der Waals surface area (Å²) in [6.07, 6.45) is 3.85. The highest BCUT2D eigenvalue weighted by Crippen LogP contribution is 2.29. The number of amides is 1. The molecule has 2 saturated heterocycles. The Bertz CT molecular complexity index is 349. The Kier molecular flexibility index (Phi) is 4.72. The predicted octanol–water partition coefficient (Wildman–Crippen LogP) is 0.870. The number of hydrogen-bond donors (Lipinski definition) is 2. The van der Waals surface area contributed by atoms with Crippen molar-refractivity contribution >= 4 is 5.91 Å². The third kappa shape index (κ3) is 3.51. The van der Waals surface area contributed by atoms with Gasteiger partial charge >= 0.3 is 0 Å². The second-order valence-corrected chi connectivity index (χ2v) is 6.96. The molecule has 0 aromatic carbocycles. The summed E-state index contributed by atoms with van der Waals surface area (Å²) in [5.41, 5.74) is 4.97. The molecule has 0 aliphatic carbocycles. The second-order valence-electron chi connectivity index (χ2n) is 6.96. The highest BCUT2D eigenvalue weighted by molar-refractivity contribution is 5.84. The van der Waals surface area contributed by atoms with Gasteiger partial charge in [0.25, 0.3) is 0 Å². The van der Waals surface area contributed by atoms with Gasteiger partial charge < -0.3 is 15.8 Å². The van der Waals surface area contributed by atoms with E-state index >= 15 is 0 Å². The van der Waals surface area contributed by atoms with Gasteiger partial charge in [0.15, 0.2) is 0 Å². The fourth-order valence-electron chi connectivity index (χ4n) is 3.59. The van der Waals surface area contributed by atoms with Crippen LogP contribution in [0, 0.1) is 0 Å². The number of fused-ring (bicyclic) bond motifs is 2. The average Bonchev–Trinajstić information content (AvgIpc) is 2.66. The Labute approximate surface area is 122 Å². The van der Waals surface area contributed by atoms with Crippen LogP contribution in [-0.2, 0) is 9.53 Å². The minimum atomic E-state index is -0.648. The highest BCUT2D eigenvalue weighted by atomic mass is 16.5. The van der Waals surface area contributed by atoms with Crippen molar-refractivity contribution < 1.29 is 9.53 Å². The molecular weight excluding hydrogens is 254 g/mol. The zero-order valence-electron chi connectivity index (χ0n) is 13.2. The zero-order chi connectivity index (χ0) is 14.9. The Hall–Kier alpha value is -0.650. The van der Waals surface area contributed by atoms with E-state index < -0.39 is 5.54 Å². The largest absolute Gasteiger partial charge is 0.372 e. The summed E-state index contributed by atoms with van der Waals surface area (Å²) in [7, 11) is 0. The number of likely N-dealkylation sites (tertiary alicyclic amines) is 1. The third-order valence-corrected chi connectivity index (χ3v) is 4.55. The van der Waals surface area contributed by atoms with E-state index in [-0.39, 0.29) is 11.9 Å². The molecule has 20 heavy (non-hydrogen) atoms. The second kappa shape index (κ2) is 6.00. The van der Waals surface area contributed by atoms with Gasteiger partial charge in [0.05, 0.1) is 17.7 Å². The summed E-state index contributed by atoms with van der Waals surface area (Å²) < 4.78 is 5.87. The molecule has 5 nitrogen and oxygen atoms in total. The van der Waals surface area contributed by atoms with Gasteiger partial charge in [-0.25, -0.2) is 0 Å². The lowest BCUT2D eigenvalue weighted by atomic mass is 9.91. The van der Waals surface area contributed by atoms with Crippen molar-refractivity contribution in [1.29, 1.82) is 0 Å². The van der Waals surface area contributed by atoms with Crippen LogP contribution in [0.25, 0.3) is 0 Å². The van der Waals surface area contributed by atoms with Crippen molar-refractivity contribution in [2.45, 2.75) is 76.8 Å². The van der Waals surface area contributed by atoms with E-state index in [4.69, 9.17) is 10.5 Å². The van der Waals surface area contributed by atoms with Gasteiger partial charge in [-0.15, -0.1) is 0 Å². The van der Waals surface area contributed by atoms with Gasteiger partial charge in [0.2, 0.25) is 5.91 Å². The summed E-state index contributed by atoms with van der Waals surface area (Å²) in [5.74, 6) is -0.269. The van der Waals surface area contributed by atoms with Crippen molar-refractivity contribution in [1.82, 2.24) is 10.2 Å². The summed E-state index contributed by atoms with van der Waals surface area (Å²) in [4.78, 5) is 14.3. The van der Waals surface area contributed by atoms with Gasteiger partial charge in [0, 0.05) is 25.2 Å². The van der Waals surface area contributed by atoms with Crippen LogP contribution in [0.2, 0.25) is 0 Å². The standard InChI is InChI=1S/C15H29N3O2/c1-10(2)17-15(4,14(16)19)7-11(3)18-8-12-5-6-13(9-18)20-12/h10-13,17H,5-9H2,1-4H3,(H2,16,19). The van der Waals surface area contributed by atoms with Gasteiger partial charge in [-0.05, 0) is 47.0 Å². The number of nitrogens with one attached hydrogen (secondary N) is 1. The fourth-order valence-corrected chi connectivity index (χ4v) is 3.59. The van der Waals surface area contributed by atoms with Crippen molar-refractivity contribution in [3.63, 3.8) is 0 Å². The number of hydrogen-bond acceptors (Lipinski definition) is 4. The quantitative estimate of drug-likeness (QED) is 0.759. The topological polar surface area (TPSA) is 67.6 Å². The molecule has 0 aromatic heterocycles. The number of carbonyl (C=O) groups is 1. The minimum absolute atomic E-state index is 0.237. The number of morpholine rings is 1. The molecule has 5 heteroatoms. The molecule has 0 saturated carbocycles. The molecule has 3 N–H and O–H groups in total. The lowest BCUT2D eigenvalue weighted by molar-refractivity contribution is -0.125. The highest BCUT2D eigenvalue weighted by Gasteiger charge is 2.39. The molecule has 2 aliphatic rings. The Morgan fingerprint density at radius 1 is 1.35 bits per heavy atom. The lowest BCUT2D eigenvalue weighted by Gasteiger charge is -2.40. The van der Waals surface area contributed by atoms with Crippen LogP contribution in [-0.4, -0.2) is 53.7 Å². The number of carbonyl (C=O) groups excluding carboxylic acids is 1. The maximum absolute atomic E-state index is 11.8. The Morgan fingerprint density at radius 2 is 1.90 bits per heavy atom. The molecule has 0 aromatic rings.